The van der Waals surface area contributed by atoms with Gasteiger partial charge in [0.2, 0.25) is 0 Å². The molecule has 0 spiro atoms. The van der Waals surface area contributed by atoms with Crippen LogP contribution < -0.4 is 0 Å². The van der Waals surface area contributed by atoms with Gasteiger partial charge in [-0.2, -0.15) is 0 Å². The second-order valence-electron chi connectivity index (χ2n) is 4.29. The highest BCUT2D eigenvalue weighted by Crippen LogP contribution is 2.50. The predicted molar refractivity (Wildman–Crippen MR) is 53.1 cm³/mol. The molecule has 0 aliphatic heterocycles. The molecule has 1 saturated carbocycles. The maximum atomic E-state index is 13.0. The molecule has 0 heterocycles. The Morgan fingerprint density at radius 3 is 2.71 bits per heavy atom. The summed E-state index contributed by atoms with van der Waals surface area (Å²) in [6.45, 7) is 3.63. The van der Waals surface area contributed by atoms with Crippen molar-refractivity contribution in [2.75, 3.05) is 0 Å². The van der Waals surface area contributed by atoms with Crippen molar-refractivity contribution in [3.63, 3.8) is 0 Å². The SMILES string of the molecule is Cc1cccc(C(=O)C2(C)CC2F)c1. The standard InChI is InChI=1S/C12H13FO/c1-8-4-3-5-9(6-8)11(14)12(2)7-10(12)13/h3-6,10H,7H2,1-2H3. The fourth-order valence-corrected chi connectivity index (χ4v) is 1.66. The second-order valence-corrected chi connectivity index (χ2v) is 4.29. The third-order valence-corrected chi connectivity index (χ3v) is 2.93. The Kier molecular flexibility index (Phi) is 1.95. The Bertz CT molecular complexity index is 386. The fourth-order valence-electron chi connectivity index (χ4n) is 1.66. The number of ketones is 1. The van der Waals surface area contributed by atoms with E-state index in [-0.39, 0.29) is 5.78 Å². The molecule has 1 fully saturated rings. The van der Waals surface area contributed by atoms with Crippen LogP contribution in [0.4, 0.5) is 4.39 Å². The molecule has 0 amide bonds. The van der Waals surface area contributed by atoms with Crippen molar-refractivity contribution in [3.05, 3.63) is 35.4 Å². The van der Waals surface area contributed by atoms with Crippen LogP contribution in [0.1, 0.15) is 29.3 Å². The van der Waals surface area contributed by atoms with Crippen LogP contribution in [0.2, 0.25) is 0 Å². The monoisotopic (exact) mass is 192 g/mol. The van der Waals surface area contributed by atoms with Crippen molar-refractivity contribution >= 4 is 5.78 Å². The summed E-state index contributed by atoms with van der Waals surface area (Å²) in [7, 11) is 0. The predicted octanol–water partition coefficient (Wildman–Crippen LogP) is 2.93. The molecule has 74 valence electrons. The van der Waals surface area contributed by atoms with Crippen LogP contribution in [0.3, 0.4) is 0 Å². The summed E-state index contributed by atoms with van der Waals surface area (Å²) in [6.07, 6.45) is -0.574. The molecule has 2 atom stereocenters. The van der Waals surface area contributed by atoms with E-state index in [1.54, 1.807) is 13.0 Å². The zero-order valence-corrected chi connectivity index (χ0v) is 8.38. The zero-order chi connectivity index (χ0) is 10.3. The number of rotatable bonds is 2. The number of benzene rings is 1. The molecule has 2 rings (SSSR count). The van der Waals surface area contributed by atoms with E-state index in [0.29, 0.717) is 12.0 Å². The summed E-state index contributed by atoms with van der Waals surface area (Å²) in [6, 6.07) is 7.34. The molecular formula is C12H13FO. The number of alkyl halides is 1. The van der Waals surface area contributed by atoms with Crippen molar-refractivity contribution in [3.8, 4) is 0 Å². The highest BCUT2D eigenvalue weighted by molar-refractivity contribution is 6.02. The average molecular weight is 192 g/mol. The zero-order valence-electron chi connectivity index (χ0n) is 8.38. The third-order valence-electron chi connectivity index (χ3n) is 2.93. The maximum absolute atomic E-state index is 13.0. The number of hydrogen-bond acceptors (Lipinski definition) is 1. The molecule has 1 aliphatic carbocycles. The normalized spacial score (nSPS) is 30.1. The summed E-state index contributed by atoms with van der Waals surface area (Å²) in [5.74, 6) is -0.0614. The Hall–Kier alpha value is -1.18. The van der Waals surface area contributed by atoms with E-state index in [0.717, 1.165) is 5.56 Å². The van der Waals surface area contributed by atoms with Crippen LogP contribution in [-0.2, 0) is 0 Å². The molecule has 2 heteroatoms. The van der Waals surface area contributed by atoms with Crippen LogP contribution in [0.25, 0.3) is 0 Å². The molecule has 0 bridgehead atoms. The van der Waals surface area contributed by atoms with E-state index in [4.69, 9.17) is 0 Å². The molecule has 1 nitrogen and oxygen atoms in total. The van der Waals surface area contributed by atoms with Gasteiger partial charge in [-0.1, -0.05) is 23.8 Å². The van der Waals surface area contributed by atoms with Gasteiger partial charge in [-0.3, -0.25) is 4.79 Å². The summed E-state index contributed by atoms with van der Waals surface area (Å²) in [5.41, 5.74) is 0.927. The number of hydrogen-bond donors (Lipinski definition) is 0. The lowest BCUT2D eigenvalue weighted by molar-refractivity contribution is 0.0893. The van der Waals surface area contributed by atoms with Crippen LogP contribution in [-0.4, -0.2) is 12.0 Å². The molecule has 0 aromatic heterocycles. The van der Waals surface area contributed by atoms with E-state index in [1.807, 2.05) is 25.1 Å². The molecule has 0 saturated heterocycles. The lowest BCUT2D eigenvalue weighted by Crippen LogP contribution is -2.15. The number of carbonyl (C=O) groups is 1. The van der Waals surface area contributed by atoms with Crippen molar-refractivity contribution in [2.24, 2.45) is 5.41 Å². The van der Waals surface area contributed by atoms with Gasteiger partial charge in [0.25, 0.3) is 0 Å². The van der Waals surface area contributed by atoms with Gasteiger partial charge in [-0.15, -0.1) is 0 Å². The van der Waals surface area contributed by atoms with Crippen molar-refractivity contribution in [1.82, 2.24) is 0 Å². The Morgan fingerprint density at radius 1 is 1.57 bits per heavy atom. The van der Waals surface area contributed by atoms with Crippen molar-refractivity contribution in [1.29, 1.82) is 0 Å². The fraction of sp³-hybridized carbons (Fsp3) is 0.417. The highest BCUT2D eigenvalue weighted by Gasteiger charge is 2.56. The summed E-state index contributed by atoms with van der Waals surface area (Å²) >= 11 is 0. The summed E-state index contributed by atoms with van der Waals surface area (Å²) < 4.78 is 13.0. The number of carbonyl (C=O) groups excluding carboxylic acids is 1. The molecule has 0 N–H and O–H groups in total. The van der Waals surface area contributed by atoms with E-state index in [1.165, 1.54) is 0 Å². The molecule has 0 radical (unpaired) electrons. The lowest BCUT2D eigenvalue weighted by atomic mass is 9.95. The topological polar surface area (TPSA) is 17.1 Å². The van der Waals surface area contributed by atoms with Gasteiger partial charge in [0.05, 0.1) is 5.41 Å². The number of aryl methyl sites for hydroxylation is 1. The molecule has 1 aromatic rings. The van der Waals surface area contributed by atoms with Gasteiger partial charge >= 0.3 is 0 Å². The second kappa shape index (κ2) is 2.91. The van der Waals surface area contributed by atoms with Gasteiger partial charge in [-0.25, -0.2) is 4.39 Å². The first-order chi connectivity index (χ1) is 6.54. The Morgan fingerprint density at radius 2 is 2.21 bits per heavy atom. The van der Waals surface area contributed by atoms with Crippen molar-refractivity contribution in [2.45, 2.75) is 26.4 Å². The molecule has 1 aromatic carbocycles. The number of Topliss-reactive ketones (excluding diaryl/α,β-unsaturated/α-hetero) is 1. The van der Waals surface area contributed by atoms with Gasteiger partial charge < -0.3 is 0 Å². The first-order valence-electron chi connectivity index (χ1n) is 4.79. The summed E-state index contributed by atoms with van der Waals surface area (Å²) in [5, 5.41) is 0. The molecular weight excluding hydrogens is 179 g/mol. The van der Waals surface area contributed by atoms with Crippen molar-refractivity contribution < 1.29 is 9.18 Å². The van der Waals surface area contributed by atoms with Gasteiger partial charge in [-0.05, 0) is 26.3 Å². The quantitative estimate of drug-likeness (QED) is 0.658. The van der Waals surface area contributed by atoms with E-state index >= 15 is 0 Å². The maximum Gasteiger partial charge on any atom is 0.171 e. The number of halogens is 1. The lowest BCUT2D eigenvalue weighted by Gasteiger charge is -2.07. The smallest absolute Gasteiger partial charge is 0.171 e. The van der Waals surface area contributed by atoms with Gasteiger partial charge in [0.15, 0.2) is 5.78 Å². The average Bonchev–Trinajstić information content (AvgIpc) is 2.75. The minimum absolute atomic E-state index is 0.0614. The molecule has 1 aliphatic rings. The van der Waals surface area contributed by atoms with Crippen LogP contribution >= 0.6 is 0 Å². The van der Waals surface area contributed by atoms with Crippen LogP contribution in [0.5, 0.6) is 0 Å². The Balaban J connectivity index is 2.28. The summed E-state index contributed by atoms with van der Waals surface area (Å²) in [4.78, 5) is 11.9. The minimum atomic E-state index is -0.949. The molecule has 2 unspecified atom stereocenters. The highest BCUT2D eigenvalue weighted by atomic mass is 19.1. The third kappa shape index (κ3) is 1.35. The largest absolute Gasteiger partial charge is 0.293 e. The van der Waals surface area contributed by atoms with E-state index in [2.05, 4.69) is 0 Å². The first-order valence-corrected chi connectivity index (χ1v) is 4.79. The van der Waals surface area contributed by atoms with E-state index in [9.17, 15) is 9.18 Å². The van der Waals surface area contributed by atoms with Crippen LogP contribution in [0, 0.1) is 12.3 Å². The molecule has 14 heavy (non-hydrogen) atoms. The Labute approximate surface area is 82.9 Å². The van der Waals surface area contributed by atoms with E-state index < -0.39 is 11.6 Å². The minimum Gasteiger partial charge on any atom is -0.293 e. The first kappa shape index (κ1) is 9.38. The van der Waals surface area contributed by atoms with Crippen LogP contribution in [0.15, 0.2) is 24.3 Å². The van der Waals surface area contributed by atoms with Gasteiger partial charge in [0, 0.05) is 5.56 Å². The van der Waals surface area contributed by atoms with Gasteiger partial charge in [0.1, 0.15) is 6.17 Å².